The quantitative estimate of drug-likeness (QED) is 0.371. The van der Waals surface area contributed by atoms with Gasteiger partial charge in [0.15, 0.2) is 0 Å². The van der Waals surface area contributed by atoms with Crippen LogP contribution in [0.4, 0.5) is 26.7 Å². The zero-order valence-corrected chi connectivity index (χ0v) is 19.8. The minimum Gasteiger partial charge on any atom is -0.460 e. The molecule has 2 atom stereocenters. The minimum atomic E-state index is -5.22. The number of esters is 1. The molecular weight excluding hydrogens is 495 g/mol. The van der Waals surface area contributed by atoms with Gasteiger partial charge in [-0.2, -0.15) is 22.0 Å². The van der Waals surface area contributed by atoms with Crippen LogP contribution in [0.3, 0.4) is 0 Å². The summed E-state index contributed by atoms with van der Waals surface area (Å²) in [6.45, 7) is 0.656. The SMILES string of the molecule is CO[C@@](C(=O)OCC(NC(=O)OC(C)(C)C)c1ccnc(OC(F)F)c1)(c1ccccc1)C(F)(F)F. The summed E-state index contributed by atoms with van der Waals surface area (Å²) in [5, 5.41) is 2.34. The van der Waals surface area contributed by atoms with Crippen molar-refractivity contribution in [3.63, 3.8) is 0 Å². The number of carbonyl (C=O) groups excluding carboxylic acids is 2. The third-order valence-electron chi connectivity index (χ3n) is 4.62. The molecule has 1 aromatic heterocycles. The van der Waals surface area contributed by atoms with Gasteiger partial charge in [0.2, 0.25) is 5.88 Å². The van der Waals surface area contributed by atoms with E-state index in [0.717, 1.165) is 24.4 Å². The number of methoxy groups -OCH3 is 1. The molecule has 13 heteroatoms. The number of benzene rings is 1. The Bertz CT molecular complexity index is 1030. The van der Waals surface area contributed by atoms with Gasteiger partial charge in [-0.15, -0.1) is 0 Å². The van der Waals surface area contributed by atoms with E-state index in [1.807, 2.05) is 0 Å². The summed E-state index contributed by atoms with van der Waals surface area (Å²) in [7, 11) is 0.703. The van der Waals surface area contributed by atoms with Crippen molar-refractivity contribution in [3.05, 3.63) is 59.8 Å². The first-order valence-electron chi connectivity index (χ1n) is 10.4. The summed E-state index contributed by atoms with van der Waals surface area (Å²) < 4.78 is 86.6. The van der Waals surface area contributed by atoms with Crippen LogP contribution in [0, 0.1) is 0 Å². The Kier molecular flexibility index (Phi) is 9.19. The Hall–Kier alpha value is -3.48. The van der Waals surface area contributed by atoms with E-state index in [2.05, 4.69) is 19.8 Å². The predicted molar refractivity (Wildman–Crippen MR) is 115 cm³/mol. The van der Waals surface area contributed by atoms with E-state index in [4.69, 9.17) is 9.47 Å². The number of alkyl carbamates (subject to hydrolysis) is 1. The molecule has 0 saturated heterocycles. The second-order valence-electron chi connectivity index (χ2n) is 8.35. The highest BCUT2D eigenvalue weighted by molar-refractivity contribution is 5.82. The van der Waals surface area contributed by atoms with Gasteiger partial charge in [0.05, 0.1) is 6.04 Å². The smallest absolute Gasteiger partial charge is 0.432 e. The average Bonchev–Trinajstić information content (AvgIpc) is 2.75. The van der Waals surface area contributed by atoms with Gasteiger partial charge in [0.25, 0.3) is 5.60 Å². The number of amides is 1. The zero-order chi connectivity index (χ0) is 27.1. The second-order valence-corrected chi connectivity index (χ2v) is 8.35. The molecule has 0 aliphatic carbocycles. The molecule has 198 valence electrons. The molecule has 0 radical (unpaired) electrons. The van der Waals surface area contributed by atoms with Crippen LogP contribution >= 0.6 is 0 Å². The van der Waals surface area contributed by atoms with Gasteiger partial charge in [-0.25, -0.2) is 14.6 Å². The number of pyridine rings is 1. The maximum atomic E-state index is 14.1. The fourth-order valence-corrected chi connectivity index (χ4v) is 3.12. The highest BCUT2D eigenvalue weighted by Crippen LogP contribution is 2.43. The topological polar surface area (TPSA) is 96.0 Å². The summed E-state index contributed by atoms with van der Waals surface area (Å²) in [6, 6.07) is 7.06. The normalized spacial score (nSPS) is 14.5. The predicted octanol–water partition coefficient (Wildman–Crippen LogP) is 4.90. The van der Waals surface area contributed by atoms with Crippen molar-refractivity contribution < 1.29 is 50.5 Å². The first kappa shape index (κ1) is 28.8. The van der Waals surface area contributed by atoms with Crippen LogP contribution in [-0.4, -0.2) is 49.2 Å². The molecule has 1 N–H and O–H groups in total. The maximum absolute atomic E-state index is 14.1. The van der Waals surface area contributed by atoms with Gasteiger partial charge in [-0.1, -0.05) is 30.3 Å². The fraction of sp³-hybridized carbons (Fsp3) is 0.435. The summed E-state index contributed by atoms with van der Waals surface area (Å²) in [6.07, 6.45) is -5.16. The van der Waals surface area contributed by atoms with Gasteiger partial charge in [-0.05, 0) is 32.4 Å². The molecule has 0 spiro atoms. The van der Waals surface area contributed by atoms with Gasteiger partial charge in [0.1, 0.15) is 12.2 Å². The van der Waals surface area contributed by atoms with Crippen LogP contribution in [-0.2, 0) is 24.6 Å². The third kappa shape index (κ3) is 7.26. The van der Waals surface area contributed by atoms with Crippen molar-refractivity contribution in [1.29, 1.82) is 0 Å². The average molecular weight is 520 g/mol. The first-order valence-corrected chi connectivity index (χ1v) is 10.4. The van der Waals surface area contributed by atoms with E-state index < -0.39 is 60.1 Å². The van der Waals surface area contributed by atoms with Crippen molar-refractivity contribution in [2.24, 2.45) is 0 Å². The van der Waals surface area contributed by atoms with E-state index in [1.165, 1.54) is 24.3 Å². The number of hydrogen-bond acceptors (Lipinski definition) is 7. The highest BCUT2D eigenvalue weighted by Gasteiger charge is 2.64. The van der Waals surface area contributed by atoms with Crippen molar-refractivity contribution >= 4 is 12.1 Å². The number of ether oxygens (including phenoxy) is 4. The Morgan fingerprint density at radius 1 is 1.06 bits per heavy atom. The van der Waals surface area contributed by atoms with Crippen LogP contribution in [0.25, 0.3) is 0 Å². The van der Waals surface area contributed by atoms with Crippen molar-refractivity contribution in [2.45, 2.75) is 50.8 Å². The van der Waals surface area contributed by atoms with E-state index >= 15 is 0 Å². The molecule has 0 saturated carbocycles. The summed E-state index contributed by atoms with van der Waals surface area (Å²) >= 11 is 0. The Balaban J connectivity index is 2.38. The van der Waals surface area contributed by atoms with Gasteiger partial charge in [0, 0.05) is 24.9 Å². The van der Waals surface area contributed by atoms with Crippen molar-refractivity contribution in [2.75, 3.05) is 13.7 Å². The van der Waals surface area contributed by atoms with E-state index in [9.17, 15) is 31.5 Å². The van der Waals surface area contributed by atoms with Crippen LogP contribution < -0.4 is 10.1 Å². The molecule has 8 nitrogen and oxygen atoms in total. The molecule has 2 rings (SSSR count). The van der Waals surface area contributed by atoms with Crippen LogP contribution in [0.1, 0.15) is 37.9 Å². The molecule has 0 aliphatic heterocycles. The Labute approximate surface area is 203 Å². The van der Waals surface area contributed by atoms with Gasteiger partial charge < -0.3 is 24.3 Å². The summed E-state index contributed by atoms with van der Waals surface area (Å²) in [5.41, 5.74) is -4.90. The van der Waals surface area contributed by atoms with Crippen molar-refractivity contribution in [1.82, 2.24) is 10.3 Å². The number of aromatic nitrogens is 1. The number of carbonyl (C=O) groups is 2. The lowest BCUT2D eigenvalue weighted by atomic mass is 9.92. The monoisotopic (exact) mass is 520 g/mol. The number of nitrogens with zero attached hydrogens (tertiary/aromatic N) is 1. The molecule has 1 unspecified atom stereocenters. The molecule has 1 amide bonds. The molecule has 36 heavy (non-hydrogen) atoms. The number of rotatable bonds is 9. The molecule has 2 aromatic rings. The first-order chi connectivity index (χ1) is 16.7. The van der Waals surface area contributed by atoms with E-state index in [-0.39, 0.29) is 5.56 Å². The number of nitrogens with one attached hydrogen (secondary N) is 1. The Morgan fingerprint density at radius 3 is 2.22 bits per heavy atom. The number of halogens is 5. The van der Waals surface area contributed by atoms with Crippen LogP contribution in [0.15, 0.2) is 48.7 Å². The Morgan fingerprint density at radius 2 is 1.69 bits per heavy atom. The summed E-state index contributed by atoms with van der Waals surface area (Å²) in [4.78, 5) is 28.8. The van der Waals surface area contributed by atoms with Crippen LogP contribution in [0.5, 0.6) is 5.88 Å². The molecule has 0 aliphatic rings. The molecule has 1 heterocycles. The fourth-order valence-electron chi connectivity index (χ4n) is 3.12. The van der Waals surface area contributed by atoms with Gasteiger partial charge in [-0.3, -0.25) is 0 Å². The maximum Gasteiger partial charge on any atom is 0.432 e. The highest BCUT2D eigenvalue weighted by atomic mass is 19.4. The lowest BCUT2D eigenvalue weighted by Gasteiger charge is -2.33. The molecule has 1 aromatic carbocycles. The number of hydrogen-bond donors (Lipinski definition) is 1. The summed E-state index contributed by atoms with van der Waals surface area (Å²) in [5.74, 6) is -2.34. The van der Waals surface area contributed by atoms with Crippen LogP contribution in [0.2, 0.25) is 0 Å². The van der Waals surface area contributed by atoms with E-state index in [0.29, 0.717) is 7.11 Å². The lowest BCUT2D eigenvalue weighted by molar-refractivity contribution is -0.276. The second kappa shape index (κ2) is 11.5. The minimum absolute atomic E-state index is 0.0362. The molecular formula is C23H25F5N2O6. The standard InChI is InChI=1S/C23H25F5N2O6/c1-21(2,3)36-20(32)30-16(14-10-11-29-17(12-14)35-19(24)25)13-34-18(31)22(33-4,23(26,27)28)15-8-6-5-7-9-15/h5-12,16,19H,13H2,1-4H3,(H,30,32)/t16?,22-/m1/s1. The number of alkyl halides is 5. The molecule has 0 bridgehead atoms. The van der Waals surface area contributed by atoms with E-state index in [1.54, 1.807) is 20.8 Å². The largest absolute Gasteiger partial charge is 0.460 e. The zero-order valence-electron chi connectivity index (χ0n) is 19.8. The van der Waals surface area contributed by atoms with Crippen molar-refractivity contribution in [3.8, 4) is 5.88 Å². The lowest BCUT2D eigenvalue weighted by Crippen LogP contribution is -2.52. The molecule has 0 fully saturated rings. The van der Waals surface area contributed by atoms with Gasteiger partial charge >= 0.3 is 24.9 Å². The third-order valence-corrected chi connectivity index (χ3v) is 4.62.